The van der Waals surface area contributed by atoms with Gasteiger partial charge in [-0.1, -0.05) is 83.1 Å². The predicted molar refractivity (Wildman–Crippen MR) is 227 cm³/mol. The van der Waals surface area contributed by atoms with Crippen LogP contribution in [-0.2, 0) is 19.0 Å². The van der Waals surface area contributed by atoms with Gasteiger partial charge in [0.25, 0.3) is 0 Å². The number of amides is 4. The molecule has 4 aromatic rings. The van der Waals surface area contributed by atoms with Crippen LogP contribution >= 0.6 is 0 Å². The molecule has 2 aromatic carbocycles. The summed E-state index contributed by atoms with van der Waals surface area (Å²) < 4.78 is 14.4. The normalized spacial score (nSPS) is 13.9. The number of carbonyl (C=O) groups is 4. The van der Waals surface area contributed by atoms with Crippen molar-refractivity contribution in [1.82, 2.24) is 45.3 Å². The summed E-state index contributed by atoms with van der Waals surface area (Å²) in [7, 11) is 5.30. The number of carbonyl (C=O) groups excluding carboxylic acids is 4. The van der Waals surface area contributed by atoms with Crippen LogP contribution in [0.5, 0.6) is 0 Å². The van der Waals surface area contributed by atoms with Crippen LogP contribution in [0.4, 0.5) is 14.4 Å². The van der Waals surface area contributed by atoms with Gasteiger partial charge < -0.3 is 44.8 Å². The molecule has 2 heterocycles. The molecule has 0 radical (unpaired) electrons. The summed E-state index contributed by atoms with van der Waals surface area (Å²) in [5, 5.41) is 16.8. The number of alkyl carbamates (subject to hydrolysis) is 2. The Morgan fingerprint density at radius 1 is 0.700 bits per heavy atom. The van der Waals surface area contributed by atoms with Crippen molar-refractivity contribution in [2.75, 3.05) is 41.6 Å². The van der Waals surface area contributed by atoms with E-state index in [9.17, 15) is 24.3 Å². The molecule has 0 saturated carbocycles. The molecule has 326 valence electrons. The highest BCUT2D eigenvalue weighted by Gasteiger charge is 2.35. The number of aromatic nitrogens is 4. The number of ether oxygens (including phenoxy) is 3. The van der Waals surface area contributed by atoms with Gasteiger partial charge in [0.15, 0.2) is 0 Å². The molecule has 17 nitrogen and oxygen atoms in total. The maximum atomic E-state index is 13.9. The summed E-state index contributed by atoms with van der Waals surface area (Å²) in [6.07, 6.45) is 1.34. The monoisotopic (exact) mass is 831 g/mol. The molecule has 4 amide bonds. The largest absolute Gasteiger partial charge is 0.453 e. The lowest BCUT2D eigenvalue weighted by Crippen LogP contribution is -2.55. The van der Waals surface area contributed by atoms with Crippen molar-refractivity contribution in [3.05, 3.63) is 72.6 Å². The van der Waals surface area contributed by atoms with Crippen molar-refractivity contribution in [2.45, 2.75) is 85.3 Å². The lowest BCUT2D eigenvalue weighted by Gasteiger charge is -2.38. The summed E-state index contributed by atoms with van der Waals surface area (Å²) in [4.78, 5) is 71.1. The molecule has 0 spiro atoms. The Kier molecular flexibility index (Phi) is 16.6. The minimum absolute atomic E-state index is 0.0494. The summed E-state index contributed by atoms with van der Waals surface area (Å²) in [6, 6.07) is 13.8. The summed E-state index contributed by atoms with van der Waals surface area (Å²) in [5.41, 5.74) is 5.40. The molecule has 60 heavy (non-hydrogen) atoms. The molecule has 17 heteroatoms. The molecule has 5 atom stereocenters. The van der Waals surface area contributed by atoms with E-state index in [1.54, 1.807) is 33.2 Å². The number of benzene rings is 2. The van der Waals surface area contributed by atoms with Gasteiger partial charge in [0.05, 0.1) is 69.9 Å². The van der Waals surface area contributed by atoms with Gasteiger partial charge in [-0.25, -0.2) is 24.4 Å². The zero-order chi connectivity index (χ0) is 44.3. The maximum Gasteiger partial charge on any atom is 0.410 e. The van der Waals surface area contributed by atoms with E-state index in [4.69, 9.17) is 14.2 Å². The molecule has 0 fully saturated rings. The Bertz CT molecular complexity index is 2010. The van der Waals surface area contributed by atoms with Gasteiger partial charge in [0.2, 0.25) is 5.91 Å². The number of aliphatic hydroxyl groups excluding tert-OH is 1. The van der Waals surface area contributed by atoms with Crippen molar-refractivity contribution in [3.63, 3.8) is 0 Å². The number of methoxy groups -OCH3 is 3. The molecule has 0 bridgehead atoms. The molecule has 1 unspecified atom stereocenters. The Labute approximate surface area is 352 Å². The Hall–Kier alpha value is -5.94. The Morgan fingerprint density at radius 3 is 1.60 bits per heavy atom. The van der Waals surface area contributed by atoms with Crippen LogP contribution in [0.25, 0.3) is 33.6 Å². The number of aliphatic hydroxyl groups is 1. The van der Waals surface area contributed by atoms with Gasteiger partial charge in [-0.15, -0.1) is 0 Å². The number of hydrogen-bond acceptors (Lipinski definition) is 11. The van der Waals surface area contributed by atoms with Crippen molar-refractivity contribution < 1.29 is 38.5 Å². The first kappa shape index (κ1) is 46.7. The van der Waals surface area contributed by atoms with Crippen molar-refractivity contribution in [2.24, 2.45) is 11.8 Å². The first-order chi connectivity index (χ1) is 28.5. The van der Waals surface area contributed by atoms with E-state index in [1.165, 1.54) is 38.2 Å². The highest BCUT2D eigenvalue weighted by molar-refractivity contribution is 5.86. The lowest BCUT2D eigenvalue weighted by atomic mass is 10.0. The quantitative estimate of drug-likeness (QED) is 0.0538. The smallest absolute Gasteiger partial charge is 0.410 e. The molecule has 5 N–H and O–H groups in total. The molecular formula is C43H61N9O8. The fraction of sp³-hybridized carbons (Fsp3) is 0.488. The lowest BCUT2D eigenvalue weighted by molar-refractivity contribution is -0.138. The average molecular weight is 832 g/mol. The number of H-pyrrole nitrogens is 2. The standard InChI is InChI=1S/C43H61N9O8/c1-12-21-51(39(53)35(25(2)3)48-41(55)58-9)27(6)37-44-22-33(46-37)31-17-13-29(14-18-31)30-15-19-32(20-16-30)34-23-45-38(47-34)28(7)52(24-50(8)43(57)60-11)40(54)36(26(4)5)49-42(56)59-10/h13-20,22-23,25-28,35-36,39,53H,12,21,24H2,1-11H3,(H,44,46)(H,45,47)(H,48,55)(H,49,56)/t27-,28-,35-,36-,39?/m0/s1. The van der Waals surface area contributed by atoms with Crippen LogP contribution in [0.1, 0.15) is 78.6 Å². The van der Waals surface area contributed by atoms with E-state index < -0.39 is 48.5 Å². The van der Waals surface area contributed by atoms with E-state index in [1.807, 2.05) is 81.1 Å². The average Bonchev–Trinajstić information content (AvgIpc) is 3.96. The number of rotatable bonds is 18. The van der Waals surface area contributed by atoms with Gasteiger partial charge in [-0.2, -0.15) is 0 Å². The summed E-state index contributed by atoms with van der Waals surface area (Å²) >= 11 is 0. The first-order valence-electron chi connectivity index (χ1n) is 20.1. The van der Waals surface area contributed by atoms with Crippen molar-refractivity contribution in [3.8, 4) is 33.6 Å². The van der Waals surface area contributed by atoms with Gasteiger partial charge in [-0.3, -0.25) is 14.6 Å². The third-order valence-corrected chi connectivity index (χ3v) is 10.5. The minimum Gasteiger partial charge on any atom is -0.453 e. The van der Waals surface area contributed by atoms with Crippen molar-refractivity contribution in [1.29, 1.82) is 0 Å². The highest BCUT2D eigenvalue weighted by atomic mass is 16.5. The molecule has 2 aromatic heterocycles. The third kappa shape index (κ3) is 11.4. The van der Waals surface area contributed by atoms with Crippen LogP contribution in [-0.4, -0.2) is 124 Å². The van der Waals surface area contributed by atoms with Gasteiger partial charge in [0.1, 0.15) is 23.9 Å². The van der Waals surface area contributed by atoms with Crippen molar-refractivity contribution >= 4 is 24.2 Å². The van der Waals surface area contributed by atoms with E-state index in [0.717, 1.165) is 40.1 Å². The van der Waals surface area contributed by atoms with Crippen LogP contribution in [0.15, 0.2) is 60.9 Å². The fourth-order valence-corrected chi connectivity index (χ4v) is 6.88. The first-order valence-corrected chi connectivity index (χ1v) is 20.1. The zero-order valence-corrected chi connectivity index (χ0v) is 36.5. The second-order valence-corrected chi connectivity index (χ2v) is 15.4. The molecule has 4 rings (SSSR count). The SMILES string of the molecule is CCCN(C(O)[C@@H](NC(=O)OC)C(C)C)[C@@H](C)c1ncc(-c2ccc(-c3ccc(-c4cnc([C@H](C)N(CN(C)C(=O)OC)C(=O)[C@@H](NC(=O)OC)C(C)C)[nH]4)cc3)cc2)[nH]1. The second-order valence-electron chi connectivity index (χ2n) is 15.4. The molecule has 0 aliphatic heterocycles. The number of imidazole rings is 2. The number of aromatic amines is 2. The van der Waals surface area contributed by atoms with E-state index in [-0.39, 0.29) is 24.5 Å². The molecule has 0 aliphatic rings. The summed E-state index contributed by atoms with van der Waals surface area (Å²) in [6.45, 7) is 13.8. The van der Waals surface area contributed by atoms with Crippen LogP contribution in [0.3, 0.4) is 0 Å². The van der Waals surface area contributed by atoms with Gasteiger partial charge >= 0.3 is 18.3 Å². The molecular weight excluding hydrogens is 771 g/mol. The fourth-order valence-electron chi connectivity index (χ4n) is 6.88. The number of hydrogen-bond donors (Lipinski definition) is 5. The van der Waals surface area contributed by atoms with E-state index >= 15 is 0 Å². The molecule has 0 saturated heterocycles. The highest BCUT2D eigenvalue weighted by Crippen LogP contribution is 2.30. The van der Waals surface area contributed by atoms with Crippen LogP contribution in [0, 0.1) is 11.8 Å². The zero-order valence-electron chi connectivity index (χ0n) is 36.5. The topological polar surface area (TPSA) is 207 Å². The number of nitrogens with zero attached hydrogens (tertiary/aromatic N) is 5. The number of nitrogens with one attached hydrogen (secondary N) is 4. The molecule has 0 aliphatic carbocycles. The minimum atomic E-state index is -0.967. The maximum absolute atomic E-state index is 13.9. The summed E-state index contributed by atoms with van der Waals surface area (Å²) in [5.74, 6) is 0.422. The van der Waals surface area contributed by atoms with Crippen LogP contribution < -0.4 is 10.6 Å². The van der Waals surface area contributed by atoms with E-state index in [0.29, 0.717) is 18.2 Å². The second kappa shape index (κ2) is 21.4. The Morgan fingerprint density at radius 2 is 1.17 bits per heavy atom. The van der Waals surface area contributed by atoms with Crippen LogP contribution in [0.2, 0.25) is 0 Å². The predicted octanol–water partition coefficient (Wildman–Crippen LogP) is 6.53. The third-order valence-electron chi connectivity index (χ3n) is 10.5. The van der Waals surface area contributed by atoms with E-state index in [2.05, 4.69) is 30.6 Å². The van der Waals surface area contributed by atoms with Gasteiger partial charge in [-0.05, 0) is 54.4 Å². The van der Waals surface area contributed by atoms with Gasteiger partial charge in [0, 0.05) is 13.6 Å². The Balaban J connectivity index is 1.50.